The highest BCUT2D eigenvalue weighted by atomic mass is 19.4. The van der Waals surface area contributed by atoms with Crippen LogP contribution in [-0.4, -0.2) is 62.3 Å². The lowest BCUT2D eigenvalue weighted by Gasteiger charge is -2.38. The molecule has 5 nitrogen and oxygen atoms in total. The van der Waals surface area contributed by atoms with Crippen molar-refractivity contribution in [1.82, 2.24) is 10.2 Å². The number of rotatable bonds is 4. The first-order valence-electron chi connectivity index (χ1n) is 11.0. The number of piperazine rings is 1. The van der Waals surface area contributed by atoms with E-state index in [1.807, 2.05) is 4.90 Å². The van der Waals surface area contributed by atoms with Crippen LogP contribution in [0.1, 0.15) is 37.7 Å². The third kappa shape index (κ3) is 4.91. The molecule has 0 bridgehead atoms. The molecule has 1 aromatic carbocycles. The minimum Gasteiger partial charge on any atom is -0.381 e. The summed E-state index contributed by atoms with van der Waals surface area (Å²) in [5.74, 6) is 0.186. The third-order valence-corrected chi connectivity index (χ3v) is 6.62. The summed E-state index contributed by atoms with van der Waals surface area (Å²) in [5.41, 5.74) is -0.402. The van der Waals surface area contributed by atoms with Crippen molar-refractivity contribution in [3.8, 4) is 0 Å². The van der Waals surface area contributed by atoms with Crippen LogP contribution in [0, 0.1) is 5.92 Å². The topological polar surface area (TPSA) is 44.8 Å². The molecule has 3 aliphatic rings. The molecule has 2 aliphatic heterocycles. The van der Waals surface area contributed by atoms with Crippen LogP contribution in [0.15, 0.2) is 24.3 Å². The molecule has 166 valence electrons. The quantitative estimate of drug-likeness (QED) is 0.804. The van der Waals surface area contributed by atoms with Crippen LogP contribution in [0.25, 0.3) is 0 Å². The highest BCUT2D eigenvalue weighted by Gasteiger charge is 2.37. The zero-order valence-electron chi connectivity index (χ0n) is 17.2. The number of para-hydroxylation sites is 1. The maximum absolute atomic E-state index is 13.3. The van der Waals surface area contributed by atoms with Crippen molar-refractivity contribution in [2.24, 2.45) is 5.92 Å². The number of halogens is 3. The van der Waals surface area contributed by atoms with Gasteiger partial charge in [0, 0.05) is 63.1 Å². The second kappa shape index (κ2) is 9.14. The number of hydrogen-bond donors (Lipinski definition) is 1. The van der Waals surface area contributed by atoms with E-state index in [9.17, 15) is 18.0 Å². The number of alkyl halides is 3. The average Bonchev–Trinajstić information content (AvgIpc) is 3.22. The summed E-state index contributed by atoms with van der Waals surface area (Å²) >= 11 is 0. The standard InChI is InChI=1S/C22H30F3N3O2/c23-22(24,25)19-3-1-2-4-20(19)27-9-11-28(12-10-27)21(29)16-5-6-18(15-16)26-17-7-13-30-14-8-17/h1-4,16-18,26H,5-15H2/t16-,18?/m0/s1. The fraction of sp³-hybridized carbons (Fsp3) is 0.682. The van der Waals surface area contributed by atoms with Crippen LogP contribution >= 0.6 is 0 Å². The molecule has 3 fully saturated rings. The largest absolute Gasteiger partial charge is 0.418 e. The van der Waals surface area contributed by atoms with Gasteiger partial charge in [-0.3, -0.25) is 4.79 Å². The zero-order chi connectivity index (χ0) is 21.1. The normalized spacial score (nSPS) is 26.2. The Morgan fingerprint density at radius 1 is 0.967 bits per heavy atom. The number of hydrogen-bond acceptors (Lipinski definition) is 4. The van der Waals surface area contributed by atoms with Crippen molar-refractivity contribution in [1.29, 1.82) is 0 Å². The van der Waals surface area contributed by atoms with Gasteiger partial charge in [0.1, 0.15) is 0 Å². The van der Waals surface area contributed by atoms with Gasteiger partial charge in [-0.05, 0) is 44.2 Å². The number of nitrogens with one attached hydrogen (secondary N) is 1. The van der Waals surface area contributed by atoms with Crippen LogP contribution in [-0.2, 0) is 15.7 Å². The number of nitrogens with zero attached hydrogens (tertiary/aromatic N) is 2. The van der Waals surface area contributed by atoms with Gasteiger partial charge in [-0.15, -0.1) is 0 Å². The monoisotopic (exact) mass is 425 g/mol. The molecule has 30 heavy (non-hydrogen) atoms. The lowest BCUT2D eigenvalue weighted by atomic mass is 10.0. The van der Waals surface area contributed by atoms with Gasteiger partial charge in [-0.25, -0.2) is 0 Å². The lowest BCUT2D eigenvalue weighted by molar-refractivity contribution is -0.138. The van der Waals surface area contributed by atoms with Gasteiger partial charge < -0.3 is 19.9 Å². The summed E-state index contributed by atoms with van der Waals surface area (Å²) in [6.45, 7) is 3.40. The van der Waals surface area contributed by atoms with Crippen LogP contribution in [0.2, 0.25) is 0 Å². The zero-order valence-corrected chi connectivity index (χ0v) is 17.2. The van der Waals surface area contributed by atoms with Crippen LogP contribution in [0.5, 0.6) is 0 Å². The van der Waals surface area contributed by atoms with Gasteiger partial charge in [0.15, 0.2) is 0 Å². The van der Waals surface area contributed by atoms with Gasteiger partial charge in [-0.2, -0.15) is 13.2 Å². The third-order valence-electron chi connectivity index (χ3n) is 6.62. The summed E-state index contributed by atoms with van der Waals surface area (Å²) in [6, 6.07) is 6.54. The number of benzene rings is 1. The summed E-state index contributed by atoms with van der Waals surface area (Å²) < 4.78 is 45.3. The highest BCUT2D eigenvalue weighted by Crippen LogP contribution is 2.37. The molecule has 0 aromatic heterocycles. The van der Waals surface area contributed by atoms with Crippen molar-refractivity contribution < 1.29 is 22.7 Å². The smallest absolute Gasteiger partial charge is 0.381 e. The van der Waals surface area contributed by atoms with E-state index in [0.29, 0.717) is 38.3 Å². The molecule has 4 rings (SSSR count). The molecule has 2 heterocycles. The van der Waals surface area contributed by atoms with E-state index in [-0.39, 0.29) is 17.5 Å². The van der Waals surface area contributed by atoms with Crippen LogP contribution < -0.4 is 10.2 Å². The van der Waals surface area contributed by atoms with Gasteiger partial charge >= 0.3 is 6.18 Å². The molecular weight excluding hydrogens is 395 g/mol. The highest BCUT2D eigenvalue weighted by molar-refractivity contribution is 5.79. The number of ether oxygens (including phenoxy) is 1. The SMILES string of the molecule is O=C([C@H]1CCC(NC2CCOCC2)C1)N1CCN(c2ccccc2C(F)(F)F)CC1. The van der Waals surface area contributed by atoms with E-state index in [2.05, 4.69) is 5.32 Å². The van der Waals surface area contributed by atoms with Gasteiger partial charge in [0.25, 0.3) is 0 Å². The first kappa shape index (κ1) is 21.4. The number of anilines is 1. The Kier molecular flexibility index (Phi) is 6.53. The van der Waals surface area contributed by atoms with E-state index in [4.69, 9.17) is 4.74 Å². The molecule has 2 saturated heterocycles. The van der Waals surface area contributed by atoms with E-state index in [0.717, 1.165) is 51.4 Å². The predicted octanol–water partition coefficient (Wildman–Crippen LogP) is 3.29. The summed E-state index contributed by atoms with van der Waals surface area (Å²) in [6.07, 6.45) is 0.420. The van der Waals surface area contributed by atoms with Crippen molar-refractivity contribution in [2.75, 3.05) is 44.3 Å². The van der Waals surface area contributed by atoms with Crippen LogP contribution in [0.3, 0.4) is 0 Å². The van der Waals surface area contributed by atoms with Crippen molar-refractivity contribution >= 4 is 11.6 Å². The molecule has 0 spiro atoms. The van der Waals surface area contributed by atoms with Crippen molar-refractivity contribution in [3.63, 3.8) is 0 Å². The average molecular weight is 425 g/mol. The second-order valence-electron chi connectivity index (χ2n) is 8.59. The Bertz CT molecular complexity index is 729. The molecule has 0 radical (unpaired) electrons. The fourth-order valence-electron chi connectivity index (χ4n) is 4.97. The van der Waals surface area contributed by atoms with Gasteiger partial charge in [-0.1, -0.05) is 12.1 Å². The molecule has 1 aliphatic carbocycles. The molecule has 1 saturated carbocycles. The summed E-state index contributed by atoms with van der Waals surface area (Å²) in [5, 5.41) is 3.69. The maximum atomic E-state index is 13.3. The lowest BCUT2D eigenvalue weighted by Crippen LogP contribution is -2.50. The molecule has 8 heteroatoms. The second-order valence-corrected chi connectivity index (χ2v) is 8.59. The van der Waals surface area contributed by atoms with E-state index in [1.54, 1.807) is 11.0 Å². The van der Waals surface area contributed by atoms with Crippen molar-refractivity contribution in [2.45, 2.75) is 50.4 Å². The molecule has 1 amide bonds. The molecular formula is C22H30F3N3O2. The van der Waals surface area contributed by atoms with Crippen LogP contribution in [0.4, 0.5) is 18.9 Å². The Morgan fingerprint density at radius 3 is 2.37 bits per heavy atom. The Hall–Kier alpha value is -1.80. The Morgan fingerprint density at radius 2 is 1.67 bits per heavy atom. The predicted molar refractivity (Wildman–Crippen MR) is 108 cm³/mol. The van der Waals surface area contributed by atoms with Gasteiger partial charge in [0.05, 0.1) is 5.56 Å². The summed E-state index contributed by atoms with van der Waals surface area (Å²) in [4.78, 5) is 16.6. The number of carbonyl (C=O) groups excluding carboxylic acids is 1. The van der Waals surface area contributed by atoms with E-state index >= 15 is 0 Å². The van der Waals surface area contributed by atoms with E-state index < -0.39 is 11.7 Å². The molecule has 1 N–H and O–H groups in total. The Balaban J connectivity index is 1.29. The molecule has 1 aromatic rings. The van der Waals surface area contributed by atoms with Gasteiger partial charge in [0.2, 0.25) is 5.91 Å². The first-order chi connectivity index (χ1) is 14.4. The maximum Gasteiger partial charge on any atom is 0.418 e. The van der Waals surface area contributed by atoms with Crippen molar-refractivity contribution in [3.05, 3.63) is 29.8 Å². The van der Waals surface area contributed by atoms with E-state index in [1.165, 1.54) is 12.1 Å². The molecule has 1 unspecified atom stereocenters. The first-order valence-corrected chi connectivity index (χ1v) is 11.0. The number of amides is 1. The summed E-state index contributed by atoms with van der Waals surface area (Å²) in [7, 11) is 0. The molecule has 2 atom stereocenters. The minimum atomic E-state index is -4.38. The number of carbonyl (C=O) groups is 1. The minimum absolute atomic E-state index is 0.0244. The fourth-order valence-corrected chi connectivity index (χ4v) is 4.97. The Labute approximate surface area is 175 Å².